The van der Waals surface area contributed by atoms with Crippen LogP contribution in [0.4, 0.5) is 13.2 Å². The Morgan fingerprint density at radius 2 is 1.89 bits per heavy atom. The molecular formula is C21H21F3N2O2. The van der Waals surface area contributed by atoms with E-state index in [-0.39, 0.29) is 18.2 Å². The fraction of sp³-hybridized carbons (Fsp3) is 0.333. The van der Waals surface area contributed by atoms with Crippen molar-refractivity contribution in [3.8, 4) is 0 Å². The van der Waals surface area contributed by atoms with Gasteiger partial charge in [-0.3, -0.25) is 4.79 Å². The molecule has 1 heterocycles. The van der Waals surface area contributed by atoms with Gasteiger partial charge < -0.3 is 9.73 Å². The molecule has 0 fully saturated rings. The highest BCUT2D eigenvalue weighted by Gasteiger charge is 2.30. The molecule has 0 aliphatic carbocycles. The quantitative estimate of drug-likeness (QED) is 0.622. The largest absolute Gasteiger partial charge is 0.438 e. The predicted octanol–water partition coefficient (Wildman–Crippen LogP) is 5.29. The number of hydrogen-bond donors (Lipinski definition) is 1. The normalized spacial score (nSPS) is 13.1. The summed E-state index contributed by atoms with van der Waals surface area (Å²) in [4.78, 5) is 16.9. The minimum atomic E-state index is -4.44. The maximum absolute atomic E-state index is 12.9. The average molecular weight is 390 g/mol. The van der Waals surface area contributed by atoms with Crippen LogP contribution in [0, 0.1) is 5.92 Å². The maximum Gasteiger partial charge on any atom is 0.416 e. The molecule has 3 aromatic rings. The fourth-order valence-electron chi connectivity index (χ4n) is 3.02. The van der Waals surface area contributed by atoms with Gasteiger partial charge >= 0.3 is 6.18 Å². The van der Waals surface area contributed by atoms with Gasteiger partial charge in [0.05, 0.1) is 12.0 Å². The van der Waals surface area contributed by atoms with Crippen molar-refractivity contribution < 1.29 is 22.4 Å². The lowest BCUT2D eigenvalue weighted by Crippen LogP contribution is -2.31. The number of benzene rings is 2. The summed E-state index contributed by atoms with van der Waals surface area (Å²) in [5.74, 6) is 0.272. The number of fused-ring (bicyclic) bond motifs is 1. The molecular weight excluding hydrogens is 369 g/mol. The van der Waals surface area contributed by atoms with Gasteiger partial charge in [0.1, 0.15) is 11.6 Å². The van der Waals surface area contributed by atoms with E-state index in [1.54, 1.807) is 6.07 Å². The summed E-state index contributed by atoms with van der Waals surface area (Å²) >= 11 is 0. The molecule has 0 aliphatic heterocycles. The molecule has 1 atom stereocenters. The number of halogens is 3. The number of aromatic nitrogens is 1. The van der Waals surface area contributed by atoms with Crippen molar-refractivity contribution in [2.75, 3.05) is 0 Å². The topological polar surface area (TPSA) is 55.1 Å². The first-order valence-corrected chi connectivity index (χ1v) is 9.03. The average Bonchev–Trinajstić information content (AvgIpc) is 3.04. The third-order valence-corrected chi connectivity index (χ3v) is 4.27. The van der Waals surface area contributed by atoms with Gasteiger partial charge in [-0.25, -0.2) is 4.98 Å². The summed E-state index contributed by atoms with van der Waals surface area (Å²) in [7, 11) is 0. The van der Waals surface area contributed by atoms with Crippen LogP contribution in [0.2, 0.25) is 0 Å². The molecule has 0 saturated carbocycles. The van der Waals surface area contributed by atoms with Crippen molar-refractivity contribution in [1.82, 2.24) is 10.3 Å². The standard InChI is InChI=1S/C21H21F3N2O2/c1-13(2)10-17(20-26-16-8-3-4-9-18(16)28-20)25-19(27)12-14-6-5-7-15(11-14)21(22,23)24/h3-9,11,13,17H,10,12H2,1-2H3,(H,25,27)/t17-/m0/s1. The van der Waals surface area contributed by atoms with Gasteiger partial charge in [0.25, 0.3) is 0 Å². The smallest absolute Gasteiger partial charge is 0.416 e. The second-order valence-electron chi connectivity index (χ2n) is 7.14. The van der Waals surface area contributed by atoms with E-state index in [2.05, 4.69) is 10.3 Å². The Kier molecular flexibility index (Phi) is 5.72. The Hall–Kier alpha value is -2.83. The number of hydrogen-bond acceptors (Lipinski definition) is 3. The van der Waals surface area contributed by atoms with Crippen molar-refractivity contribution in [3.05, 3.63) is 65.5 Å². The maximum atomic E-state index is 12.9. The zero-order chi connectivity index (χ0) is 20.3. The predicted molar refractivity (Wildman–Crippen MR) is 99.5 cm³/mol. The summed E-state index contributed by atoms with van der Waals surface area (Å²) < 4.78 is 44.4. The first-order valence-electron chi connectivity index (χ1n) is 9.03. The van der Waals surface area contributed by atoms with E-state index in [0.717, 1.165) is 12.1 Å². The molecule has 0 bridgehead atoms. The van der Waals surface area contributed by atoms with Crippen LogP contribution in [-0.4, -0.2) is 10.9 Å². The molecule has 1 amide bonds. The molecule has 0 aliphatic rings. The van der Waals surface area contributed by atoms with Crippen LogP contribution in [0.1, 0.15) is 43.3 Å². The van der Waals surface area contributed by atoms with E-state index in [4.69, 9.17) is 4.42 Å². The van der Waals surface area contributed by atoms with Crippen LogP contribution in [0.5, 0.6) is 0 Å². The monoisotopic (exact) mass is 390 g/mol. The van der Waals surface area contributed by atoms with Crippen LogP contribution in [0.3, 0.4) is 0 Å². The lowest BCUT2D eigenvalue weighted by molar-refractivity contribution is -0.137. The van der Waals surface area contributed by atoms with Crippen LogP contribution in [0.25, 0.3) is 11.1 Å². The molecule has 1 aromatic heterocycles. The number of nitrogens with one attached hydrogen (secondary N) is 1. The summed E-state index contributed by atoms with van der Waals surface area (Å²) in [6.45, 7) is 4.02. The minimum absolute atomic E-state index is 0.154. The molecule has 1 N–H and O–H groups in total. The van der Waals surface area contributed by atoms with E-state index in [9.17, 15) is 18.0 Å². The summed E-state index contributed by atoms with van der Waals surface area (Å²) in [6, 6.07) is 11.6. The zero-order valence-corrected chi connectivity index (χ0v) is 15.6. The Labute approximate surface area is 160 Å². The second-order valence-corrected chi connectivity index (χ2v) is 7.14. The number of oxazole rings is 1. The van der Waals surface area contributed by atoms with E-state index in [1.165, 1.54) is 12.1 Å². The second kappa shape index (κ2) is 8.04. The van der Waals surface area contributed by atoms with Crippen LogP contribution < -0.4 is 5.32 Å². The SMILES string of the molecule is CC(C)C[C@H](NC(=O)Cc1cccc(C(F)(F)F)c1)c1nc2ccccc2o1. The molecule has 3 rings (SSSR count). The molecule has 0 radical (unpaired) electrons. The van der Waals surface area contributed by atoms with Gasteiger partial charge in [-0.2, -0.15) is 13.2 Å². The Morgan fingerprint density at radius 3 is 2.57 bits per heavy atom. The first-order chi connectivity index (χ1) is 13.2. The molecule has 0 unspecified atom stereocenters. The third-order valence-electron chi connectivity index (χ3n) is 4.27. The molecule has 0 spiro atoms. The highest BCUT2D eigenvalue weighted by Crippen LogP contribution is 2.30. The molecule has 7 heteroatoms. The van der Waals surface area contributed by atoms with Gasteiger partial charge in [-0.05, 0) is 36.1 Å². The zero-order valence-electron chi connectivity index (χ0n) is 15.6. The van der Waals surface area contributed by atoms with Gasteiger partial charge in [-0.1, -0.05) is 44.2 Å². The number of alkyl halides is 3. The fourth-order valence-corrected chi connectivity index (χ4v) is 3.02. The Balaban J connectivity index is 1.76. The summed E-state index contributed by atoms with van der Waals surface area (Å²) in [6.07, 6.45) is -4.00. The third kappa shape index (κ3) is 4.91. The highest BCUT2D eigenvalue weighted by molar-refractivity contribution is 5.79. The van der Waals surface area contributed by atoms with Crippen molar-refractivity contribution in [2.24, 2.45) is 5.92 Å². The van der Waals surface area contributed by atoms with E-state index in [1.807, 2.05) is 32.0 Å². The highest BCUT2D eigenvalue weighted by atomic mass is 19.4. The van der Waals surface area contributed by atoms with Crippen molar-refractivity contribution >= 4 is 17.0 Å². The van der Waals surface area contributed by atoms with E-state index >= 15 is 0 Å². The van der Waals surface area contributed by atoms with Gasteiger partial charge in [0.2, 0.25) is 11.8 Å². The lowest BCUT2D eigenvalue weighted by atomic mass is 10.0. The molecule has 4 nitrogen and oxygen atoms in total. The minimum Gasteiger partial charge on any atom is -0.438 e. The summed E-state index contributed by atoms with van der Waals surface area (Å²) in [5, 5.41) is 2.86. The van der Waals surface area contributed by atoms with Crippen LogP contribution >= 0.6 is 0 Å². The molecule has 28 heavy (non-hydrogen) atoms. The molecule has 2 aromatic carbocycles. The van der Waals surface area contributed by atoms with Crippen molar-refractivity contribution in [1.29, 1.82) is 0 Å². The van der Waals surface area contributed by atoms with Gasteiger partial charge in [0.15, 0.2) is 5.58 Å². The van der Waals surface area contributed by atoms with Crippen molar-refractivity contribution in [2.45, 2.75) is 38.9 Å². The molecule has 148 valence electrons. The van der Waals surface area contributed by atoms with Crippen molar-refractivity contribution in [3.63, 3.8) is 0 Å². The van der Waals surface area contributed by atoms with Gasteiger partial charge in [0, 0.05) is 0 Å². The van der Waals surface area contributed by atoms with Crippen LogP contribution in [-0.2, 0) is 17.4 Å². The van der Waals surface area contributed by atoms with Crippen LogP contribution in [0.15, 0.2) is 52.9 Å². The Bertz CT molecular complexity index is 930. The number of carbonyl (C=O) groups excluding carboxylic acids is 1. The number of rotatable bonds is 6. The van der Waals surface area contributed by atoms with Gasteiger partial charge in [-0.15, -0.1) is 0 Å². The van der Waals surface area contributed by atoms with E-state index < -0.39 is 17.8 Å². The molecule has 0 saturated heterocycles. The van der Waals surface area contributed by atoms with E-state index in [0.29, 0.717) is 29.0 Å². The lowest BCUT2D eigenvalue weighted by Gasteiger charge is -2.18. The number of nitrogens with zero attached hydrogens (tertiary/aromatic N) is 1. The number of para-hydroxylation sites is 2. The Morgan fingerprint density at radius 1 is 1.14 bits per heavy atom. The number of carbonyl (C=O) groups is 1. The summed E-state index contributed by atoms with van der Waals surface area (Å²) in [5.41, 5.74) is 0.848. The first kappa shape index (κ1) is 19.9. The number of amides is 1.